The predicted molar refractivity (Wildman–Crippen MR) is 120 cm³/mol. The van der Waals surface area contributed by atoms with Gasteiger partial charge in [-0.25, -0.2) is 0 Å². The quantitative estimate of drug-likeness (QED) is 0.655. The number of likely N-dealkylation sites (N-methyl/N-ethyl adjacent to an activating group) is 1. The molecule has 166 valence electrons. The highest BCUT2D eigenvalue weighted by atomic mass is 16.5. The van der Waals surface area contributed by atoms with Gasteiger partial charge in [0.1, 0.15) is 6.07 Å². The Labute approximate surface area is 189 Å². The molecule has 1 aromatic carbocycles. The molecule has 0 fully saturated rings. The molecule has 3 rings (SSSR count). The highest BCUT2D eigenvalue weighted by Gasteiger charge is 2.54. The molecule has 2 N–H and O–H groups in total. The molecule has 32 heavy (non-hydrogen) atoms. The van der Waals surface area contributed by atoms with Gasteiger partial charge in [-0.3, -0.25) is 0 Å². The standard InChI is InChI=1S/C25H29N5O2/c1-4-5-6-11-32-21-8-7-17(12-22(21)31-3)23-20-14-30(2)10-9-18(20)19(13-26)24(29)25(23,15-27)16-28/h7-9,12,20,23H,4-6,10-11,14,29H2,1-3H3/t20-,23+/m0/s1. The SMILES string of the molecule is CCCCCOc1ccc([C@@H]2[C@H]3CN(C)CC=C3C(C#N)=C(N)C2(C#N)C#N)cc1OC. The third-order valence-corrected chi connectivity index (χ3v) is 6.40. The lowest BCUT2D eigenvalue weighted by molar-refractivity contribution is 0.237. The van der Waals surface area contributed by atoms with Gasteiger partial charge in [0, 0.05) is 24.9 Å². The first-order valence-corrected chi connectivity index (χ1v) is 10.9. The van der Waals surface area contributed by atoms with Gasteiger partial charge in [0.2, 0.25) is 0 Å². The Morgan fingerprint density at radius 1 is 1.19 bits per heavy atom. The molecular weight excluding hydrogens is 402 g/mol. The molecular formula is C25H29N5O2. The van der Waals surface area contributed by atoms with E-state index in [9.17, 15) is 15.8 Å². The van der Waals surface area contributed by atoms with Crippen molar-refractivity contribution in [1.82, 2.24) is 4.90 Å². The van der Waals surface area contributed by atoms with Crippen LogP contribution < -0.4 is 15.2 Å². The molecule has 1 heterocycles. The van der Waals surface area contributed by atoms with Crippen molar-refractivity contribution in [2.24, 2.45) is 17.1 Å². The molecule has 2 atom stereocenters. The highest BCUT2D eigenvalue weighted by Crippen LogP contribution is 2.54. The summed E-state index contributed by atoms with van der Waals surface area (Å²) in [6, 6.07) is 12.0. The second-order valence-corrected chi connectivity index (χ2v) is 8.36. The predicted octanol–water partition coefficient (Wildman–Crippen LogP) is 3.62. The molecule has 7 nitrogen and oxygen atoms in total. The summed E-state index contributed by atoms with van der Waals surface area (Å²) in [5.41, 5.74) is 6.56. The smallest absolute Gasteiger partial charge is 0.191 e. The Hall–Kier alpha value is -3.47. The molecule has 1 aliphatic carbocycles. The number of hydrogen-bond donors (Lipinski definition) is 1. The van der Waals surface area contributed by atoms with Crippen molar-refractivity contribution in [3.8, 4) is 29.7 Å². The molecule has 0 radical (unpaired) electrons. The Morgan fingerprint density at radius 3 is 2.56 bits per heavy atom. The van der Waals surface area contributed by atoms with E-state index in [2.05, 4.69) is 30.0 Å². The van der Waals surface area contributed by atoms with Crippen LogP contribution >= 0.6 is 0 Å². The monoisotopic (exact) mass is 431 g/mol. The maximum atomic E-state index is 10.2. The van der Waals surface area contributed by atoms with E-state index in [-0.39, 0.29) is 17.2 Å². The van der Waals surface area contributed by atoms with Gasteiger partial charge in [-0.05, 0) is 36.7 Å². The number of nitrogens with two attached hydrogens (primary N) is 1. The summed E-state index contributed by atoms with van der Waals surface area (Å²) in [5, 5.41) is 30.1. The molecule has 0 aromatic heterocycles. The van der Waals surface area contributed by atoms with Gasteiger partial charge in [-0.1, -0.05) is 31.9 Å². The average Bonchev–Trinajstić information content (AvgIpc) is 2.81. The van der Waals surface area contributed by atoms with Gasteiger partial charge in [0.05, 0.1) is 37.1 Å². The molecule has 0 spiro atoms. The molecule has 1 aromatic rings. The summed E-state index contributed by atoms with van der Waals surface area (Å²) in [4.78, 5) is 2.11. The number of nitriles is 3. The van der Waals surface area contributed by atoms with E-state index in [1.54, 1.807) is 7.11 Å². The number of nitrogens with zero attached hydrogens (tertiary/aromatic N) is 4. The van der Waals surface area contributed by atoms with Crippen LogP contribution in [0.4, 0.5) is 0 Å². The van der Waals surface area contributed by atoms with Crippen molar-refractivity contribution in [1.29, 1.82) is 15.8 Å². The van der Waals surface area contributed by atoms with Crippen molar-refractivity contribution < 1.29 is 9.47 Å². The molecule has 1 aliphatic heterocycles. The topological polar surface area (TPSA) is 119 Å². The van der Waals surface area contributed by atoms with Gasteiger partial charge >= 0.3 is 0 Å². The number of methoxy groups -OCH3 is 1. The minimum Gasteiger partial charge on any atom is -0.493 e. The second kappa shape index (κ2) is 9.77. The number of hydrogen-bond acceptors (Lipinski definition) is 7. The Kier molecular flexibility index (Phi) is 7.08. The van der Waals surface area contributed by atoms with Crippen molar-refractivity contribution in [2.75, 3.05) is 33.9 Å². The minimum absolute atomic E-state index is 0.0286. The van der Waals surface area contributed by atoms with Crippen LogP contribution in [-0.2, 0) is 0 Å². The van der Waals surface area contributed by atoms with Crippen molar-refractivity contribution in [2.45, 2.75) is 32.1 Å². The highest BCUT2D eigenvalue weighted by molar-refractivity contribution is 5.60. The van der Waals surface area contributed by atoms with E-state index in [1.807, 2.05) is 31.3 Å². The van der Waals surface area contributed by atoms with Crippen LogP contribution in [0.15, 0.2) is 41.1 Å². The fraction of sp³-hybridized carbons (Fsp3) is 0.480. The molecule has 7 heteroatoms. The van der Waals surface area contributed by atoms with Crippen molar-refractivity contribution in [3.63, 3.8) is 0 Å². The van der Waals surface area contributed by atoms with Crippen molar-refractivity contribution >= 4 is 0 Å². The Balaban J connectivity index is 2.12. The van der Waals surface area contributed by atoms with E-state index < -0.39 is 11.3 Å². The summed E-state index contributed by atoms with van der Waals surface area (Å²) < 4.78 is 11.5. The lowest BCUT2D eigenvalue weighted by Gasteiger charge is -2.45. The number of unbranched alkanes of at least 4 members (excludes halogenated alkanes) is 2. The number of rotatable bonds is 7. The maximum Gasteiger partial charge on any atom is 0.191 e. The molecule has 2 aliphatic rings. The second-order valence-electron chi connectivity index (χ2n) is 8.36. The van der Waals surface area contributed by atoms with Gasteiger partial charge in [0.15, 0.2) is 16.9 Å². The number of fused-ring (bicyclic) bond motifs is 1. The van der Waals surface area contributed by atoms with Gasteiger partial charge in [-0.15, -0.1) is 0 Å². The zero-order valence-electron chi connectivity index (χ0n) is 18.9. The maximum absolute atomic E-state index is 10.2. The molecule has 0 bridgehead atoms. The lowest BCUT2D eigenvalue weighted by atomic mass is 9.58. The largest absolute Gasteiger partial charge is 0.493 e. The van der Waals surface area contributed by atoms with Gasteiger partial charge in [-0.2, -0.15) is 15.8 Å². The van der Waals surface area contributed by atoms with Crippen LogP contribution in [0.1, 0.15) is 37.7 Å². The fourth-order valence-corrected chi connectivity index (χ4v) is 4.73. The van der Waals surface area contributed by atoms with E-state index in [0.29, 0.717) is 31.2 Å². The first-order valence-electron chi connectivity index (χ1n) is 10.9. The molecule has 0 saturated heterocycles. The van der Waals surface area contributed by atoms with Crippen LogP contribution in [0.2, 0.25) is 0 Å². The zero-order valence-corrected chi connectivity index (χ0v) is 18.9. The van der Waals surface area contributed by atoms with Crippen LogP contribution in [0, 0.1) is 45.3 Å². The zero-order chi connectivity index (χ0) is 23.3. The summed E-state index contributed by atoms with van der Waals surface area (Å²) in [5.74, 6) is 0.398. The molecule has 0 unspecified atom stereocenters. The first-order chi connectivity index (χ1) is 15.5. The summed E-state index contributed by atoms with van der Waals surface area (Å²) in [6.45, 7) is 4.02. The lowest BCUT2D eigenvalue weighted by Crippen LogP contribution is -2.47. The van der Waals surface area contributed by atoms with Crippen molar-refractivity contribution in [3.05, 3.63) is 46.7 Å². The molecule has 0 saturated carbocycles. The third-order valence-electron chi connectivity index (χ3n) is 6.40. The average molecular weight is 432 g/mol. The summed E-state index contributed by atoms with van der Waals surface area (Å²) in [7, 11) is 3.55. The van der Waals surface area contributed by atoms with Crippen LogP contribution in [0.3, 0.4) is 0 Å². The first kappa shape index (κ1) is 23.2. The number of benzene rings is 1. The fourth-order valence-electron chi connectivity index (χ4n) is 4.73. The van der Waals surface area contributed by atoms with Crippen LogP contribution in [-0.4, -0.2) is 38.8 Å². The summed E-state index contributed by atoms with van der Waals surface area (Å²) >= 11 is 0. The van der Waals surface area contributed by atoms with E-state index in [1.165, 1.54) is 0 Å². The number of allylic oxidation sites excluding steroid dienone is 2. The van der Waals surface area contributed by atoms with Crippen LogP contribution in [0.25, 0.3) is 0 Å². The van der Waals surface area contributed by atoms with E-state index in [0.717, 1.165) is 30.4 Å². The van der Waals surface area contributed by atoms with E-state index in [4.69, 9.17) is 15.2 Å². The molecule has 0 amide bonds. The Morgan fingerprint density at radius 2 is 1.94 bits per heavy atom. The van der Waals surface area contributed by atoms with E-state index >= 15 is 0 Å². The Bertz CT molecular complexity index is 1040. The minimum atomic E-state index is -1.65. The number of ether oxygens (including phenoxy) is 2. The summed E-state index contributed by atoms with van der Waals surface area (Å²) in [6.07, 6.45) is 5.13. The van der Waals surface area contributed by atoms with Gasteiger partial charge < -0.3 is 20.1 Å². The normalized spacial score (nSPS) is 22.1. The van der Waals surface area contributed by atoms with Gasteiger partial charge in [0.25, 0.3) is 0 Å². The third kappa shape index (κ3) is 3.91. The van der Waals surface area contributed by atoms with Crippen LogP contribution in [0.5, 0.6) is 11.5 Å².